The van der Waals surface area contributed by atoms with E-state index in [9.17, 15) is 9.90 Å². The van der Waals surface area contributed by atoms with Crippen LogP contribution >= 0.6 is 0 Å². The molecule has 0 saturated heterocycles. The van der Waals surface area contributed by atoms with Crippen molar-refractivity contribution in [2.45, 2.75) is 168 Å². The third-order valence-electron chi connectivity index (χ3n) is 6.99. The largest absolute Gasteiger partial charge is 1.00 e. The van der Waals surface area contributed by atoms with Crippen LogP contribution in [0.3, 0.4) is 0 Å². The van der Waals surface area contributed by atoms with Crippen LogP contribution in [0.4, 0.5) is 0 Å². The van der Waals surface area contributed by atoms with Crippen molar-refractivity contribution >= 4 is 5.97 Å². The average Bonchev–Trinajstić information content (AvgIpc) is 2.79. The van der Waals surface area contributed by atoms with E-state index in [4.69, 9.17) is 0 Å². The summed E-state index contributed by atoms with van der Waals surface area (Å²) in [6, 6.07) is -0.457. The molecule has 0 heterocycles. The number of nitrogens with zero attached hydrogens (tertiary/aromatic N) is 1. The van der Waals surface area contributed by atoms with Gasteiger partial charge in [0, 0.05) is 6.04 Å². The van der Waals surface area contributed by atoms with Crippen molar-refractivity contribution in [2.24, 2.45) is 0 Å². The fourth-order valence-electron chi connectivity index (χ4n) is 4.61. The molecule has 0 saturated carbocycles. The van der Waals surface area contributed by atoms with E-state index in [0.29, 0.717) is 0 Å². The van der Waals surface area contributed by atoms with Crippen LogP contribution in [-0.4, -0.2) is 30.0 Å². The molecule has 33 heavy (non-hydrogen) atoms. The molecule has 1 atom stereocenters. The number of carbonyl (C=O) groups excluding carboxylic acids is 1. The number of hydrogen-bond acceptors (Lipinski definition) is 3. The van der Waals surface area contributed by atoms with Crippen LogP contribution < -0.4 is 24.0 Å². The number of carboxylic acids is 1. The zero-order chi connectivity index (χ0) is 23.7. The molecule has 192 valence electrons. The first-order chi connectivity index (χ1) is 15.6. The maximum absolute atomic E-state index is 11.4. The zero-order valence-electron chi connectivity index (χ0n) is 23.3. The third kappa shape index (κ3) is 24.9. The van der Waals surface area contributed by atoms with E-state index in [1.807, 2.05) is 0 Å². The number of aliphatic carboxylic acids is 1. The number of carboxylic acid groups (broad SMARTS) is 1. The molecule has 3 nitrogen and oxygen atoms in total. The summed E-state index contributed by atoms with van der Waals surface area (Å²) in [4.78, 5) is 13.5. The van der Waals surface area contributed by atoms with E-state index >= 15 is 0 Å². The minimum Gasteiger partial charge on any atom is -0.548 e. The second-order valence-corrected chi connectivity index (χ2v) is 10.1. The van der Waals surface area contributed by atoms with Gasteiger partial charge in [-0.05, 0) is 32.9 Å². The Balaban J connectivity index is 0. The maximum Gasteiger partial charge on any atom is 1.00 e. The van der Waals surface area contributed by atoms with Gasteiger partial charge in [-0.15, -0.1) is 0 Å². The van der Waals surface area contributed by atoms with Crippen LogP contribution in [0.25, 0.3) is 0 Å². The topological polar surface area (TPSA) is 43.4 Å². The molecule has 0 aliphatic rings. The molecule has 0 aromatic heterocycles. The van der Waals surface area contributed by atoms with Crippen molar-refractivity contribution in [3.63, 3.8) is 0 Å². The summed E-state index contributed by atoms with van der Waals surface area (Å²) in [7, 11) is 0. The molecule has 0 N–H and O–H groups in total. The van der Waals surface area contributed by atoms with E-state index in [0.717, 1.165) is 25.9 Å². The summed E-state index contributed by atoms with van der Waals surface area (Å²) in [6.07, 6.45) is 29.3. The molecular weight excluding hydrogens is 401 g/mol. The second kappa shape index (κ2) is 28.3. The Morgan fingerprint density at radius 3 is 1.03 bits per heavy atom. The van der Waals surface area contributed by atoms with Crippen molar-refractivity contribution in [3.05, 3.63) is 0 Å². The minimum atomic E-state index is -0.920. The van der Waals surface area contributed by atoms with Gasteiger partial charge < -0.3 is 9.90 Å². The first-order valence-electron chi connectivity index (χ1n) is 14.6. The summed E-state index contributed by atoms with van der Waals surface area (Å²) < 4.78 is 0. The van der Waals surface area contributed by atoms with E-state index < -0.39 is 12.0 Å². The minimum absolute atomic E-state index is 0. The van der Waals surface area contributed by atoms with Crippen molar-refractivity contribution < 1.29 is 28.8 Å². The van der Waals surface area contributed by atoms with Gasteiger partial charge in [0.15, 0.2) is 0 Å². The molecule has 0 rings (SSSR count). The number of hydrogen-bond donors (Lipinski definition) is 0. The number of unbranched alkanes of at least 4 members (excludes halogenated alkanes) is 20. The third-order valence-corrected chi connectivity index (χ3v) is 6.99. The fraction of sp³-hybridized carbons (Fsp3) is 0.966. The summed E-state index contributed by atoms with van der Waals surface area (Å²) in [5, 5.41) is 11.4. The van der Waals surface area contributed by atoms with Gasteiger partial charge in [-0.2, -0.15) is 0 Å². The number of carbonyl (C=O) groups is 1. The first-order valence-corrected chi connectivity index (χ1v) is 14.6. The van der Waals surface area contributed by atoms with Gasteiger partial charge in [0.2, 0.25) is 0 Å². The van der Waals surface area contributed by atoms with Gasteiger partial charge in [0.25, 0.3) is 0 Å². The Morgan fingerprint density at radius 1 is 0.545 bits per heavy atom. The molecule has 0 bridgehead atoms. The maximum atomic E-state index is 11.4. The monoisotopic (exact) mass is 459 g/mol. The quantitative estimate of drug-likeness (QED) is 0.134. The molecule has 0 aromatic rings. The Labute approximate surface area is 220 Å². The van der Waals surface area contributed by atoms with Crippen LogP contribution in [0, 0.1) is 0 Å². The van der Waals surface area contributed by atoms with Crippen molar-refractivity contribution in [1.82, 2.24) is 4.90 Å². The molecule has 0 aromatic carbocycles. The van der Waals surface area contributed by atoms with Crippen molar-refractivity contribution in [1.29, 1.82) is 0 Å². The van der Waals surface area contributed by atoms with Gasteiger partial charge in [0.05, 0.1) is 5.97 Å². The van der Waals surface area contributed by atoms with E-state index in [1.165, 1.54) is 128 Å². The van der Waals surface area contributed by atoms with E-state index in [2.05, 4.69) is 18.7 Å². The Bertz CT molecular complexity index is 366. The standard InChI is InChI=1S/C29H59NO2.Li/c1-4-6-8-10-12-14-16-18-20-22-24-26-30(28(3)29(31)32)27-25-23-21-19-17-15-13-11-9-7-5-2;/h28H,4-27H2,1-3H3,(H,31,32);/q;+1/p-1. The summed E-state index contributed by atoms with van der Waals surface area (Å²) in [5.74, 6) is -0.920. The molecule has 0 aliphatic heterocycles. The normalized spacial score (nSPS) is 12.1. The summed E-state index contributed by atoms with van der Waals surface area (Å²) in [6.45, 7) is 8.15. The van der Waals surface area contributed by atoms with Crippen LogP contribution in [0.1, 0.15) is 162 Å². The second-order valence-electron chi connectivity index (χ2n) is 10.1. The van der Waals surface area contributed by atoms with Gasteiger partial charge in [-0.3, -0.25) is 4.90 Å². The first kappa shape index (κ1) is 35.2. The SMILES string of the molecule is CCCCCCCCCCCCCN(CCCCCCCCCCCCC)C(C)C(=O)[O-].[Li+]. The van der Waals surface area contributed by atoms with Crippen LogP contribution in [0.5, 0.6) is 0 Å². The van der Waals surface area contributed by atoms with Gasteiger partial charge >= 0.3 is 18.9 Å². The van der Waals surface area contributed by atoms with Crippen LogP contribution in [0.15, 0.2) is 0 Å². The predicted octanol–water partition coefficient (Wildman–Crippen LogP) is 5.05. The van der Waals surface area contributed by atoms with Gasteiger partial charge in [-0.1, -0.05) is 142 Å². The molecule has 0 spiro atoms. The smallest absolute Gasteiger partial charge is 0.548 e. The summed E-state index contributed by atoms with van der Waals surface area (Å²) >= 11 is 0. The Kier molecular flexibility index (Phi) is 30.1. The Hall–Kier alpha value is 0.0274. The molecule has 0 radical (unpaired) electrons. The summed E-state index contributed by atoms with van der Waals surface area (Å²) in [5.41, 5.74) is 0. The molecule has 4 heteroatoms. The van der Waals surface area contributed by atoms with Gasteiger partial charge in [-0.25, -0.2) is 0 Å². The fourth-order valence-corrected chi connectivity index (χ4v) is 4.61. The zero-order valence-corrected chi connectivity index (χ0v) is 23.3. The van der Waals surface area contributed by atoms with Gasteiger partial charge in [0.1, 0.15) is 0 Å². The van der Waals surface area contributed by atoms with E-state index in [-0.39, 0.29) is 18.9 Å². The molecule has 1 unspecified atom stereocenters. The molecular formula is C29H58LiNO2. The number of rotatable bonds is 26. The Morgan fingerprint density at radius 2 is 0.788 bits per heavy atom. The molecule has 0 fully saturated rings. The predicted molar refractivity (Wildman–Crippen MR) is 139 cm³/mol. The van der Waals surface area contributed by atoms with Crippen LogP contribution in [0.2, 0.25) is 0 Å². The average molecular weight is 460 g/mol. The van der Waals surface area contributed by atoms with Crippen molar-refractivity contribution in [2.75, 3.05) is 13.1 Å². The molecule has 0 amide bonds. The van der Waals surface area contributed by atoms with Crippen molar-refractivity contribution in [3.8, 4) is 0 Å². The van der Waals surface area contributed by atoms with E-state index in [1.54, 1.807) is 6.92 Å². The molecule has 0 aliphatic carbocycles. The van der Waals surface area contributed by atoms with Crippen LogP contribution in [-0.2, 0) is 4.79 Å².